The molecule has 0 atom stereocenters. The number of sulfone groups is 1. The maximum absolute atomic E-state index is 12.5. The van der Waals surface area contributed by atoms with Crippen molar-refractivity contribution in [1.82, 2.24) is 0 Å². The maximum atomic E-state index is 12.5. The number of rotatable bonds is 4. The SMILES string of the molecule is COc1ccc(Br)cc1S(=O)(=O)CC1CCOCC1. The van der Waals surface area contributed by atoms with Crippen LogP contribution in [0.25, 0.3) is 0 Å². The first-order valence-corrected chi connectivity index (χ1v) is 8.61. The van der Waals surface area contributed by atoms with E-state index in [0.29, 0.717) is 19.0 Å². The highest BCUT2D eigenvalue weighted by Gasteiger charge is 2.26. The van der Waals surface area contributed by atoms with Gasteiger partial charge in [-0.2, -0.15) is 0 Å². The summed E-state index contributed by atoms with van der Waals surface area (Å²) in [6, 6.07) is 5.04. The zero-order chi connectivity index (χ0) is 13.9. The van der Waals surface area contributed by atoms with Gasteiger partial charge in [-0.25, -0.2) is 8.42 Å². The van der Waals surface area contributed by atoms with Crippen molar-refractivity contribution < 1.29 is 17.9 Å². The fourth-order valence-electron chi connectivity index (χ4n) is 2.21. The molecular formula is C13H17BrO4S. The van der Waals surface area contributed by atoms with Crippen molar-refractivity contribution in [2.45, 2.75) is 17.7 Å². The minimum absolute atomic E-state index is 0.156. The van der Waals surface area contributed by atoms with Crippen LogP contribution in [-0.4, -0.2) is 34.5 Å². The summed E-state index contributed by atoms with van der Waals surface area (Å²) < 4.78 is 36.1. The third-order valence-corrected chi connectivity index (χ3v) is 5.65. The highest BCUT2D eigenvalue weighted by atomic mass is 79.9. The molecule has 0 spiro atoms. The molecule has 1 saturated heterocycles. The molecule has 1 aromatic rings. The van der Waals surface area contributed by atoms with Crippen molar-refractivity contribution in [2.75, 3.05) is 26.1 Å². The molecule has 19 heavy (non-hydrogen) atoms. The van der Waals surface area contributed by atoms with Gasteiger partial charge < -0.3 is 9.47 Å². The zero-order valence-electron chi connectivity index (χ0n) is 10.8. The molecule has 1 heterocycles. The summed E-state index contributed by atoms with van der Waals surface area (Å²) in [6.45, 7) is 1.30. The molecule has 0 unspecified atom stereocenters. The lowest BCUT2D eigenvalue weighted by atomic mass is 10.0. The average Bonchev–Trinajstić information content (AvgIpc) is 2.39. The fourth-order valence-corrected chi connectivity index (χ4v) is 4.62. The molecule has 0 amide bonds. The van der Waals surface area contributed by atoms with Gasteiger partial charge in [0.15, 0.2) is 9.84 Å². The topological polar surface area (TPSA) is 52.6 Å². The summed E-state index contributed by atoms with van der Waals surface area (Å²) >= 11 is 3.30. The molecule has 1 fully saturated rings. The molecule has 1 aliphatic rings. The number of methoxy groups -OCH3 is 1. The quantitative estimate of drug-likeness (QED) is 0.839. The number of hydrogen-bond donors (Lipinski definition) is 0. The van der Waals surface area contributed by atoms with E-state index in [1.54, 1.807) is 18.2 Å². The third kappa shape index (κ3) is 3.70. The first-order chi connectivity index (χ1) is 9.03. The predicted octanol–water partition coefficient (Wildman–Crippen LogP) is 2.66. The molecule has 0 N–H and O–H groups in total. The van der Waals surface area contributed by atoms with E-state index in [2.05, 4.69) is 15.9 Å². The minimum atomic E-state index is -3.34. The Hall–Kier alpha value is -0.590. The molecule has 1 aliphatic heterocycles. The van der Waals surface area contributed by atoms with Crippen LogP contribution in [0, 0.1) is 5.92 Å². The highest BCUT2D eigenvalue weighted by molar-refractivity contribution is 9.10. The van der Waals surface area contributed by atoms with Crippen LogP contribution in [-0.2, 0) is 14.6 Å². The van der Waals surface area contributed by atoms with Crippen LogP contribution in [0.5, 0.6) is 5.75 Å². The summed E-state index contributed by atoms with van der Waals surface area (Å²) in [6.07, 6.45) is 1.60. The lowest BCUT2D eigenvalue weighted by molar-refractivity contribution is 0.0723. The average molecular weight is 349 g/mol. The van der Waals surface area contributed by atoms with Crippen molar-refractivity contribution in [2.24, 2.45) is 5.92 Å². The maximum Gasteiger partial charge on any atom is 0.182 e. The van der Waals surface area contributed by atoms with E-state index < -0.39 is 9.84 Å². The number of hydrogen-bond acceptors (Lipinski definition) is 4. The summed E-state index contributed by atoms with van der Waals surface area (Å²) in [5.74, 6) is 0.723. The van der Waals surface area contributed by atoms with E-state index in [1.165, 1.54) is 7.11 Å². The van der Waals surface area contributed by atoms with Crippen molar-refractivity contribution in [3.63, 3.8) is 0 Å². The minimum Gasteiger partial charge on any atom is -0.495 e. The standard InChI is InChI=1S/C13H17BrO4S/c1-17-12-3-2-11(14)8-13(12)19(15,16)9-10-4-6-18-7-5-10/h2-3,8,10H,4-7,9H2,1H3. The molecule has 0 bridgehead atoms. The molecule has 6 heteroatoms. The van der Waals surface area contributed by atoms with E-state index >= 15 is 0 Å². The van der Waals surface area contributed by atoms with Gasteiger partial charge in [-0.05, 0) is 37.0 Å². The van der Waals surface area contributed by atoms with Crippen molar-refractivity contribution in [1.29, 1.82) is 0 Å². The van der Waals surface area contributed by atoms with E-state index in [1.807, 2.05) is 0 Å². The zero-order valence-corrected chi connectivity index (χ0v) is 13.2. The Morgan fingerprint density at radius 2 is 2.05 bits per heavy atom. The van der Waals surface area contributed by atoms with Gasteiger partial charge in [-0.1, -0.05) is 15.9 Å². The monoisotopic (exact) mass is 348 g/mol. The molecule has 4 nitrogen and oxygen atoms in total. The Bertz CT molecular complexity index is 536. The van der Waals surface area contributed by atoms with E-state index in [9.17, 15) is 8.42 Å². The second-order valence-corrected chi connectivity index (χ2v) is 7.55. The lowest BCUT2D eigenvalue weighted by Gasteiger charge is -2.22. The van der Waals surface area contributed by atoms with Gasteiger partial charge in [0.25, 0.3) is 0 Å². The lowest BCUT2D eigenvalue weighted by Crippen LogP contribution is -2.23. The summed E-state index contributed by atoms with van der Waals surface area (Å²) in [5, 5.41) is 0. The fraction of sp³-hybridized carbons (Fsp3) is 0.538. The van der Waals surface area contributed by atoms with Crippen molar-refractivity contribution in [3.05, 3.63) is 22.7 Å². The van der Waals surface area contributed by atoms with Crippen molar-refractivity contribution >= 4 is 25.8 Å². The van der Waals surface area contributed by atoms with Crippen molar-refractivity contribution in [3.8, 4) is 5.75 Å². The number of ether oxygens (including phenoxy) is 2. The van der Waals surface area contributed by atoms with Crippen LogP contribution in [0.15, 0.2) is 27.6 Å². The Morgan fingerprint density at radius 1 is 1.37 bits per heavy atom. The second kappa shape index (κ2) is 6.24. The summed E-state index contributed by atoms with van der Waals surface area (Å²) in [5.41, 5.74) is 0. The predicted molar refractivity (Wildman–Crippen MR) is 76.3 cm³/mol. The molecule has 1 aromatic carbocycles. The van der Waals surface area contributed by atoms with Gasteiger partial charge in [-0.15, -0.1) is 0 Å². The Balaban J connectivity index is 2.25. The summed E-state index contributed by atoms with van der Waals surface area (Å²) in [4.78, 5) is 0.260. The second-order valence-electron chi connectivity index (χ2n) is 4.63. The molecular weight excluding hydrogens is 332 g/mol. The third-order valence-electron chi connectivity index (χ3n) is 3.26. The molecule has 2 rings (SSSR count). The molecule has 0 saturated carbocycles. The summed E-state index contributed by atoms with van der Waals surface area (Å²) in [7, 11) is -1.85. The van der Waals surface area contributed by atoms with Gasteiger partial charge in [0.1, 0.15) is 10.6 Å². The Kier molecular flexibility index (Phi) is 4.86. The molecule has 0 aromatic heterocycles. The van der Waals surface area contributed by atoms with Crippen LogP contribution in [0.4, 0.5) is 0 Å². The van der Waals surface area contributed by atoms with Gasteiger partial charge in [0.2, 0.25) is 0 Å². The van der Waals surface area contributed by atoms with Crippen LogP contribution >= 0.6 is 15.9 Å². The Morgan fingerprint density at radius 3 is 2.68 bits per heavy atom. The van der Waals surface area contributed by atoms with E-state index in [0.717, 1.165) is 17.3 Å². The van der Waals surface area contributed by atoms with Gasteiger partial charge in [0, 0.05) is 17.7 Å². The highest BCUT2D eigenvalue weighted by Crippen LogP contribution is 2.30. The number of benzene rings is 1. The van der Waals surface area contributed by atoms with E-state index in [-0.39, 0.29) is 16.6 Å². The smallest absolute Gasteiger partial charge is 0.182 e. The van der Waals surface area contributed by atoms with Gasteiger partial charge in [0.05, 0.1) is 12.9 Å². The largest absolute Gasteiger partial charge is 0.495 e. The van der Waals surface area contributed by atoms with Crippen LogP contribution in [0.2, 0.25) is 0 Å². The van der Waals surface area contributed by atoms with Crippen LogP contribution < -0.4 is 4.74 Å². The van der Waals surface area contributed by atoms with Gasteiger partial charge >= 0.3 is 0 Å². The Labute approximate surface area is 122 Å². The normalized spacial score (nSPS) is 17.4. The molecule has 0 radical (unpaired) electrons. The first-order valence-electron chi connectivity index (χ1n) is 6.17. The van der Waals surface area contributed by atoms with E-state index in [4.69, 9.17) is 9.47 Å². The first kappa shape index (κ1) is 14.8. The van der Waals surface area contributed by atoms with Gasteiger partial charge in [-0.3, -0.25) is 0 Å². The molecule has 106 valence electrons. The van der Waals surface area contributed by atoms with Crippen LogP contribution in [0.1, 0.15) is 12.8 Å². The van der Waals surface area contributed by atoms with Crippen LogP contribution in [0.3, 0.4) is 0 Å². The molecule has 0 aliphatic carbocycles. The number of halogens is 1.